The molecule has 0 aliphatic carbocycles. The van der Waals surface area contributed by atoms with Gasteiger partial charge in [-0.15, -0.1) is 0 Å². The lowest BCUT2D eigenvalue weighted by atomic mass is 10.2. The lowest BCUT2D eigenvalue weighted by Crippen LogP contribution is -1.99. The Morgan fingerprint density at radius 3 is 2.55 bits per heavy atom. The van der Waals surface area contributed by atoms with Gasteiger partial charge in [0.05, 0.1) is 11.4 Å². The summed E-state index contributed by atoms with van der Waals surface area (Å²) in [6, 6.07) is 10.7. The molecule has 0 atom stereocenters. The first kappa shape index (κ1) is 14.9. The van der Waals surface area contributed by atoms with Crippen molar-refractivity contribution >= 4 is 11.8 Å². The summed E-state index contributed by atoms with van der Waals surface area (Å²) < 4.78 is 4.14. The van der Waals surface area contributed by atoms with Gasteiger partial charge in [0.15, 0.2) is 5.16 Å². The maximum absolute atomic E-state index is 4.52. The summed E-state index contributed by atoms with van der Waals surface area (Å²) >= 11 is 1.77. The van der Waals surface area contributed by atoms with E-state index in [1.165, 1.54) is 5.56 Å². The number of benzene rings is 1. The van der Waals surface area contributed by atoms with Crippen molar-refractivity contribution < 1.29 is 0 Å². The van der Waals surface area contributed by atoms with Crippen molar-refractivity contribution in [1.82, 2.24) is 19.3 Å². The van der Waals surface area contributed by atoms with Crippen LogP contribution in [-0.4, -0.2) is 19.3 Å². The lowest BCUT2D eigenvalue weighted by molar-refractivity contribution is 0.681. The van der Waals surface area contributed by atoms with Crippen LogP contribution in [-0.2, 0) is 12.3 Å². The fraction of sp³-hybridized carbons (Fsp3) is 0.294. The number of nitrogens with zero attached hydrogens (tertiary/aromatic N) is 4. The van der Waals surface area contributed by atoms with Crippen LogP contribution in [0.1, 0.15) is 23.9 Å². The maximum atomic E-state index is 4.52. The van der Waals surface area contributed by atoms with Crippen molar-refractivity contribution in [3.8, 4) is 5.69 Å². The molecule has 2 heterocycles. The molecule has 3 rings (SSSR count). The van der Waals surface area contributed by atoms with E-state index in [2.05, 4.69) is 58.8 Å². The molecular weight excluding hydrogens is 292 g/mol. The topological polar surface area (TPSA) is 35.6 Å². The van der Waals surface area contributed by atoms with Gasteiger partial charge in [-0.2, -0.15) is 5.10 Å². The van der Waals surface area contributed by atoms with Gasteiger partial charge in [0, 0.05) is 30.4 Å². The molecule has 0 saturated heterocycles. The summed E-state index contributed by atoms with van der Waals surface area (Å²) in [6.45, 7) is 7.19. The van der Waals surface area contributed by atoms with Gasteiger partial charge >= 0.3 is 0 Å². The average Bonchev–Trinajstić information content (AvgIpc) is 3.11. The van der Waals surface area contributed by atoms with Crippen LogP contribution >= 0.6 is 11.8 Å². The molecule has 0 aliphatic heterocycles. The highest BCUT2D eigenvalue weighted by molar-refractivity contribution is 7.98. The normalized spacial score (nSPS) is 11.0. The number of hydrogen-bond acceptors (Lipinski definition) is 3. The Kier molecular flexibility index (Phi) is 4.34. The van der Waals surface area contributed by atoms with Crippen LogP contribution < -0.4 is 0 Å². The minimum atomic E-state index is 0.925. The van der Waals surface area contributed by atoms with E-state index >= 15 is 0 Å². The van der Waals surface area contributed by atoms with Gasteiger partial charge in [0.25, 0.3) is 0 Å². The zero-order valence-electron chi connectivity index (χ0n) is 13.2. The summed E-state index contributed by atoms with van der Waals surface area (Å²) in [4.78, 5) is 4.39. The van der Waals surface area contributed by atoms with E-state index in [1.54, 1.807) is 11.8 Å². The zero-order valence-corrected chi connectivity index (χ0v) is 14.0. The van der Waals surface area contributed by atoms with Crippen LogP contribution in [0, 0.1) is 13.8 Å². The van der Waals surface area contributed by atoms with Crippen LogP contribution in [0.3, 0.4) is 0 Å². The minimum Gasteiger partial charge on any atom is -0.326 e. The Labute approximate surface area is 135 Å². The van der Waals surface area contributed by atoms with E-state index in [-0.39, 0.29) is 0 Å². The Morgan fingerprint density at radius 2 is 1.91 bits per heavy atom. The summed E-state index contributed by atoms with van der Waals surface area (Å²) in [5, 5.41) is 5.59. The van der Waals surface area contributed by atoms with Crippen molar-refractivity contribution in [2.75, 3.05) is 0 Å². The van der Waals surface area contributed by atoms with E-state index in [4.69, 9.17) is 0 Å². The first-order valence-electron chi connectivity index (χ1n) is 7.44. The monoisotopic (exact) mass is 312 g/mol. The standard InChI is InChI=1S/C17H20N4S/c1-4-20-10-9-18-17(20)22-12-15-5-7-16(8-6-15)21-14(3)11-13(2)19-21/h5-11H,4,12H2,1-3H3. The van der Waals surface area contributed by atoms with Crippen LogP contribution in [0.25, 0.3) is 5.69 Å². The zero-order chi connectivity index (χ0) is 15.5. The molecular formula is C17H20N4S. The molecule has 5 heteroatoms. The Bertz CT molecular complexity index is 755. The number of thioether (sulfide) groups is 1. The number of hydrogen-bond donors (Lipinski definition) is 0. The molecule has 0 spiro atoms. The van der Waals surface area contributed by atoms with Crippen LogP contribution in [0.4, 0.5) is 0 Å². The van der Waals surface area contributed by atoms with E-state index < -0.39 is 0 Å². The molecule has 0 saturated carbocycles. The van der Waals surface area contributed by atoms with Gasteiger partial charge in [0.2, 0.25) is 0 Å². The first-order valence-corrected chi connectivity index (χ1v) is 8.42. The maximum Gasteiger partial charge on any atom is 0.168 e. The molecule has 22 heavy (non-hydrogen) atoms. The molecule has 0 amide bonds. The summed E-state index contributed by atoms with van der Waals surface area (Å²) in [6.07, 6.45) is 3.88. The lowest BCUT2D eigenvalue weighted by Gasteiger charge is -2.07. The average molecular weight is 312 g/mol. The highest BCUT2D eigenvalue weighted by atomic mass is 32.2. The number of aromatic nitrogens is 4. The van der Waals surface area contributed by atoms with Gasteiger partial charge in [-0.3, -0.25) is 0 Å². The third kappa shape index (κ3) is 3.09. The SMILES string of the molecule is CCn1ccnc1SCc1ccc(-n2nc(C)cc2C)cc1. The largest absolute Gasteiger partial charge is 0.326 e. The molecule has 0 fully saturated rings. The highest BCUT2D eigenvalue weighted by Crippen LogP contribution is 2.22. The second kappa shape index (κ2) is 6.40. The first-order chi connectivity index (χ1) is 10.7. The van der Waals surface area contributed by atoms with Gasteiger partial charge in [0.1, 0.15) is 0 Å². The van der Waals surface area contributed by atoms with Gasteiger partial charge in [-0.05, 0) is 44.5 Å². The molecule has 4 nitrogen and oxygen atoms in total. The van der Waals surface area contributed by atoms with Crippen molar-refractivity contribution in [2.24, 2.45) is 0 Å². The summed E-state index contributed by atoms with van der Waals surface area (Å²) in [5.41, 5.74) is 4.60. The fourth-order valence-corrected chi connectivity index (χ4v) is 3.43. The minimum absolute atomic E-state index is 0.925. The molecule has 0 bridgehead atoms. The quantitative estimate of drug-likeness (QED) is 0.668. The third-order valence-corrected chi connectivity index (χ3v) is 4.65. The van der Waals surface area contributed by atoms with E-state index in [1.807, 2.05) is 24.0 Å². The van der Waals surface area contributed by atoms with Crippen molar-refractivity contribution in [3.05, 3.63) is 59.7 Å². The van der Waals surface area contributed by atoms with Crippen molar-refractivity contribution in [2.45, 2.75) is 38.2 Å². The molecule has 0 unspecified atom stereocenters. The Hall–Kier alpha value is -2.01. The van der Waals surface area contributed by atoms with Crippen LogP contribution in [0.2, 0.25) is 0 Å². The Morgan fingerprint density at radius 1 is 1.14 bits per heavy atom. The van der Waals surface area contributed by atoms with Gasteiger partial charge in [-0.1, -0.05) is 23.9 Å². The fourth-order valence-electron chi connectivity index (χ4n) is 2.45. The molecule has 1 aromatic carbocycles. The van der Waals surface area contributed by atoms with Gasteiger partial charge in [-0.25, -0.2) is 9.67 Å². The van der Waals surface area contributed by atoms with Crippen LogP contribution in [0.5, 0.6) is 0 Å². The summed E-state index contributed by atoms with van der Waals surface area (Å²) in [7, 11) is 0. The Balaban J connectivity index is 1.71. The van der Waals surface area contributed by atoms with E-state index in [0.717, 1.165) is 34.5 Å². The predicted octanol–water partition coefficient (Wildman–Crippen LogP) is 4.00. The van der Waals surface area contributed by atoms with Gasteiger partial charge < -0.3 is 4.57 Å². The third-order valence-electron chi connectivity index (χ3n) is 3.58. The summed E-state index contributed by atoms with van der Waals surface area (Å²) in [5.74, 6) is 0.925. The molecule has 0 radical (unpaired) electrons. The number of aryl methyl sites for hydroxylation is 3. The highest BCUT2D eigenvalue weighted by Gasteiger charge is 2.05. The van der Waals surface area contributed by atoms with E-state index in [9.17, 15) is 0 Å². The molecule has 3 aromatic rings. The van der Waals surface area contributed by atoms with Crippen LogP contribution in [0.15, 0.2) is 47.9 Å². The number of imidazole rings is 1. The molecule has 2 aromatic heterocycles. The molecule has 0 aliphatic rings. The second-order valence-corrected chi connectivity index (χ2v) is 6.23. The second-order valence-electron chi connectivity index (χ2n) is 5.29. The molecule has 114 valence electrons. The van der Waals surface area contributed by atoms with Crippen molar-refractivity contribution in [1.29, 1.82) is 0 Å². The number of rotatable bonds is 5. The van der Waals surface area contributed by atoms with E-state index in [0.29, 0.717) is 0 Å². The predicted molar refractivity (Wildman–Crippen MR) is 90.5 cm³/mol. The smallest absolute Gasteiger partial charge is 0.168 e. The van der Waals surface area contributed by atoms with Crippen molar-refractivity contribution in [3.63, 3.8) is 0 Å². The molecule has 0 N–H and O–H groups in total.